The van der Waals surface area contributed by atoms with Crippen molar-refractivity contribution in [1.29, 1.82) is 0 Å². The van der Waals surface area contributed by atoms with Gasteiger partial charge in [-0.25, -0.2) is 0 Å². The summed E-state index contributed by atoms with van der Waals surface area (Å²) in [5.74, 6) is 0.0115. The first-order valence-electron chi connectivity index (χ1n) is 5.98. The zero-order valence-electron chi connectivity index (χ0n) is 11.1. The molecule has 96 valence electrons. The Morgan fingerprint density at radius 2 is 2.18 bits per heavy atom. The number of carbonyl (C=O) groups excluding carboxylic acids is 1. The molecular formula is C12H22N4O. The van der Waals surface area contributed by atoms with E-state index in [1.807, 2.05) is 13.1 Å². The number of carbonyl (C=O) groups is 1. The number of hydrogen-bond acceptors (Lipinski definition) is 3. The van der Waals surface area contributed by atoms with Crippen molar-refractivity contribution in [2.75, 3.05) is 11.9 Å². The summed E-state index contributed by atoms with van der Waals surface area (Å²) in [5.41, 5.74) is 0.806. The van der Waals surface area contributed by atoms with E-state index in [1.54, 1.807) is 10.9 Å². The number of nitrogens with one attached hydrogen (secondary N) is 2. The Morgan fingerprint density at radius 3 is 2.71 bits per heavy atom. The lowest BCUT2D eigenvalue weighted by molar-refractivity contribution is -0.116. The molecule has 0 unspecified atom stereocenters. The van der Waals surface area contributed by atoms with E-state index in [9.17, 15) is 4.79 Å². The van der Waals surface area contributed by atoms with Gasteiger partial charge in [0.1, 0.15) is 0 Å². The highest BCUT2D eigenvalue weighted by atomic mass is 16.1. The molecule has 17 heavy (non-hydrogen) atoms. The minimum absolute atomic E-state index is 0.0115. The van der Waals surface area contributed by atoms with E-state index in [1.165, 1.54) is 0 Å². The molecule has 5 nitrogen and oxygen atoms in total. The van der Waals surface area contributed by atoms with E-state index in [-0.39, 0.29) is 11.4 Å². The largest absolute Gasteiger partial charge is 0.323 e. The molecule has 1 amide bonds. The summed E-state index contributed by atoms with van der Waals surface area (Å²) in [4.78, 5) is 11.6. The second-order valence-electron chi connectivity index (χ2n) is 5.06. The molecule has 0 atom stereocenters. The summed E-state index contributed by atoms with van der Waals surface area (Å²) >= 11 is 0. The van der Waals surface area contributed by atoms with Gasteiger partial charge in [0.25, 0.3) is 0 Å². The molecule has 0 aliphatic carbocycles. The number of anilines is 1. The van der Waals surface area contributed by atoms with Crippen molar-refractivity contribution in [1.82, 2.24) is 15.1 Å². The minimum Gasteiger partial charge on any atom is -0.323 e. The fourth-order valence-electron chi connectivity index (χ4n) is 1.38. The maximum Gasteiger partial charge on any atom is 0.225 e. The van der Waals surface area contributed by atoms with Crippen LogP contribution in [0, 0.1) is 0 Å². The number of amides is 1. The van der Waals surface area contributed by atoms with Crippen molar-refractivity contribution in [3.8, 4) is 0 Å². The van der Waals surface area contributed by atoms with Crippen LogP contribution in [0.3, 0.4) is 0 Å². The Hall–Kier alpha value is -1.36. The summed E-state index contributed by atoms with van der Waals surface area (Å²) < 4.78 is 1.78. The average molecular weight is 238 g/mol. The fourth-order valence-corrected chi connectivity index (χ4v) is 1.38. The van der Waals surface area contributed by atoms with Crippen LogP contribution < -0.4 is 10.6 Å². The molecule has 0 bridgehead atoms. The lowest BCUT2D eigenvalue weighted by atomic mass is 10.1. The van der Waals surface area contributed by atoms with Gasteiger partial charge in [-0.2, -0.15) is 5.10 Å². The number of hydrogen-bond donors (Lipinski definition) is 2. The van der Waals surface area contributed by atoms with Gasteiger partial charge in [0, 0.05) is 31.2 Å². The zero-order chi connectivity index (χ0) is 12.9. The molecule has 0 radical (unpaired) electrons. The van der Waals surface area contributed by atoms with E-state index in [2.05, 4.69) is 36.5 Å². The second kappa shape index (κ2) is 5.82. The van der Waals surface area contributed by atoms with Gasteiger partial charge in [-0.3, -0.25) is 9.48 Å². The quantitative estimate of drug-likeness (QED) is 0.819. The molecule has 1 aromatic rings. The van der Waals surface area contributed by atoms with Crippen LogP contribution in [-0.4, -0.2) is 27.8 Å². The smallest absolute Gasteiger partial charge is 0.225 e. The molecule has 2 N–H and O–H groups in total. The summed E-state index contributed by atoms with van der Waals surface area (Å²) in [5, 5.41) is 10.2. The molecule has 5 heteroatoms. The van der Waals surface area contributed by atoms with Crippen molar-refractivity contribution in [3.05, 3.63) is 12.4 Å². The maximum atomic E-state index is 11.6. The highest BCUT2D eigenvalue weighted by Crippen LogP contribution is 2.05. The first-order chi connectivity index (χ1) is 7.90. The number of rotatable bonds is 5. The van der Waals surface area contributed by atoms with E-state index in [4.69, 9.17) is 0 Å². The molecule has 0 aromatic carbocycles. The molecule has 1 rings (SSSR count). The molecule has 1 heterocycles. The maximum absolute atomic E-state index is 11.6. The Bertz CT molecular complexity index is 365. The van der Waals surface area contributed by atoms with Crippen LogP contribution in [0.1, 0.15) is 34.1 Å². The van der Waals surface area contributed by atoms with Crippen LogP contribution in [0.25, 0.3) is 0 Å². The normalized spacial score (nSPS) is 11.5. The van der Waals surface area contributed by atoms with E-state index < -0.39 is 0 Å². The van der Waals surface area contributed by atoms with Crippen molar-refractivity contribution >= 4 is 11.6 Å². The third-order valence-electron chi connectivity index (χ3n) is 2.25. The molecule has 0 fully saturated rings. The van der Waals surface area contributed by atoms with Crippen molar-refractivity contribution in [3.63, 3.8) is 0 Å². The summed E-state index contributed by atoms with van der Waals surface area (Å²) in [6, 6.07) is 0. The summed E-state index contributed by atoms with van der Waals surface area (Å²) in [6.45, 7) is 9.73. The van der Waals surface area contributed by atoms with Gasteiger partial charge in [-0.05, 0) is 27.7 Å². The van der Waals surface area contributed by atoms with Crippen LogP contribution in [0.2, 0.25) is 0 Å². The van der Waals surface area contributed by atoms with Crippen molar-refractivity contribution < 1.29 is 4.79 Å². The van der Waals surface area contributed by atoms with E-state index >= 15 is 0 Å². The van der Waals surface area contributed by atoms with Gasteiger partial charge < -0.3 is 10.6 Å². The molecule has 0 saturated carbocycles. The van der Waals surface area contributed by atoms with Gasteiger partial charge in [0.15, 0.2) is 0 Å². The predicted octanol–water partition coefficient (Wildman–Crippen LogP) is 1.62. The molecule has 0 saturated heterocycles. The Morgan fingerprint density at radius 1 is 1.47 bits per heavy atom. The summed E-state index contributed by atoms with van der Waals surface area (Å²) in [6.07, 6.45) is 3.96. The number of aromatic nitrogens is 2. The Labute approximate surface area is 103 Å². The van der Waals surface area contributed by atoms with Gasteiger partial charge in [0.05, 0.1) is 11.9 Å². The second-order valence-corrected chi connectivity index (χ2v) is 5.06. The lowest BCUT2D eigenvalue weighted by Gasteiger charge is -2.20. The van der Waals surface area contributed by atoms with Crippen LogP contribution >= 0.6 is 0 Å². The van der Waals surface area contributed by atoms with Gasteiger partial charge in [-0.1, -0.05) is 0 Å². The van der Waals surface area contributed by atoms with E-state index in [0.717, 1.165) is 12.2 Å². The van der Waals surface area contributed by atoms with Crippen molar-refractivity contribution in [2.24, 2.45) is 0 Å². The first kappa shape index (κ1) is 13.7. The number of aryl methyl sites for hydroxylation is 1. The van der Waals surface area contributed by atoms with Crippen LogP contribution in [-0.2, 0) is 11.3 Å². The standard InChI is InChI=1S/C12H22N4O/c1-5-16-9-10(8-14-16)15-11(17)6-7-13-12(2,3)4/h8-9,13H,5-7H2,1-4H3,(H,15,17). The van der Waals surface area contributed by atoms with Crippen LogP contribution in [0.4, 0.5) is 5.69 Å². The SMILES string of the molecule is CCn1cc(NC(=O)CCNC(C)(C)C)cn1. The topological polar surface area (TPSA) is 59.0 Å². The average Bonchev–Trinajstić information content (AvgIpc) is 2.63. The molecule has 0 aliphatic heterocycles. The monoisotopic (exact) mass is 238 g/mol. The molecule has 1 aromatic heterocycles. The molecule has 0 aliphatic rings. The van der Waals surface area contributed by atoms with Crippen LogP contribution in [0.15, 0.2) is 12.4 Å². The highest BCUT2D eigenvalue weighted by molar-refractivity contribution is 5.90. The van der Waals surface area contributed by atoms with Gasteiger partial charge >= 0.3 is 0 Å². The third-order valence-corrected chi connectivity index (χ3v) is 2.25. The van der Waals surface area contributed by atoms with Gasteiger partial charge in [0.2, 0.25) is 5.91 Å². The van der Waals surface area contributed by atoms with Gasteiger partial charge in [-0.15, -0.1) is 0 Å². The Kier molecular flexibility index (Phi) is 4.69. The third kappa shape index (κ3) is 5.49. The number of nitrogens with zero attached hydrogens (tertiary/aromatic N) is 2. The molecular weight excluding hydrogens is 216 g/mol. The van der Waals surface area contributed by atoms with Crippen molar-refractivity contribution in [2.45, 2.75) is 46.2 Å². The lowest BCUT2D eigenvalue weighted by Crippen LogP contribution is -2.37. The predicted molar refractivity (Wildman–Crippen MR) is 68.9 cm³/mol. The first-order valence-corrected chi connectivity index (χ1v) is 5.98. The minimum atomic E-state index is 0.0115. The Balaban J connectivity index is 2.30. The highest BCUT2D eigenvalue weighted by Gasteiger charge is 2.10. The zero-order valence-corrected chi connectivity index (χ0v) is 11.1. The summed E-state index contributed by atoms with van der Waals surface area (Å²) in [7, 11) is 0. The molecule has 0 spiro atoms. The van der Waals surface area contributed by atoms with E-state index in [0.29, 0.717) is 13.0 Å². The van der Waals surface area contributed by atoms with Crippen LogP contribution in [0.5, 0.6) is 0 Å². The fraction of sp³-hybridized carbons (Fsp3) is 0.667.